The number of hydrogen-bond acceptors (Lipinski definition) is 26. The third-order valence-electron chi connectivity index (χ3n) is 17.9. The van der Waals surface area contributed by atoms with Crippen molar-refractivity contribution in [3.63, 3.8) is 0 Å². The zero-order valence-corrected chi connectivity index (χ0v) is 76.7. The Balaban J connectivity index is 2.36. The van der Waals surface area contributed by atoms with Gasteiger partial charge in [0.1, 0.15) is 76.3 Å². The highest BCUT2D eigenvalue weighted by Gasteiger charge is 2.39. The lowest BCUT2D eigenvalue weighted by Crippen LogP contribution is -2.61. The molecule has 708 valence electrons. The molecule has 0 aliphatic carbocycles. The van der Waals surface area contributed by atoms with Crippen LogP contribution in [-0.4, -0.2) is 258 Å². The smallest absolute Gasteiger partial charge is 0.422 e. The molecule has 126 heavy (non-hydrogen) atoms. The monoisotopic (exact) mass is 1780 g/mol. The first-order valence-electron chi connectivity index (χ1n) is 42.6. The van der Waals surface area contributed by atoms with Crippen molar-refractivity contribution in [3.05, 3.63) is 71.3 Å². The van der Waals surface area contributed by atoms with Crippen LogP contribution < -0.4 is 90.6 Å². The Morgan fingerprint density at radius 3 is 1.37 bits per heavy atom. The fraction of sp³-hybridized carbons (Fsp3) is 0.671. The van der Waals surface area contributed by atoms with E-state index in [2.05, 4.69) is 90.6 Å². The fourth-order valence-corrected chi connectivity index (χ4v) is 12.0. The summed E-state index contributed by atoms with van der Waals surface area (Å²) in [7, 11) is 0. The number of aliphatic hydroxyl groups is 2. The standard InChI is InChI=1S/C85H139N17O24/c1-22-26-49(4)121-75(115)54-31-29-53(30-32-54)65(105)94-60(38-44-92-102-80(120)126-85(19,20)21)70(110)101-64(51(6)104)74(114)97-57(35-41-88-77(117)123-82(10,11)12)67(107)93-55-33-39-86-73(113)63(50(5)103)100-69(109)59(37-43-90-79(119)125-84(16,17)18)95-68(108)58(36-42-89-78(118)124-83(13,14)15)96-71(111)61(45-48(2)3)98-72(112)62(46-52-27-24-23-25-28-52)99-66(106)56(91-47-55)34-40-87-76(116)122-81(7,8)9/h23-25,27-32,48-51,55-64,91-92,103-104H,22,26,33-47H2,1-21H3,(H,86,113)(H,87,116)(H,88,117)(H,89,118)(H,90,119)(H,93,107)(H,94,105)(H,95,108)(H,96,111)(H,97,114)(H,98,112)(H,99,106)(H,100,109)(H,101,110)(H,102,120)/t49?,50?,51?,55-,56-,57-,58-,59-,60-,61-,62+,63-,64-/m0/s1. The van der Waals surface area contributed by atoms with Crippen LogP contribution in [-0.2, 0) is 78.0 Å². The van der Waals surface area contributed by atoms with Gasteiger partial charge >= 0.3 is 36.4 Å². The average molecular weight is 1780 g/mol. The first-order valence-corrected chi connectivity index (χ1v) is 42.6. The SMILES string of the molecule is CCCC(C)OC(=O)c1ccc(C(=O)N[C@@H](CCNNC(=O)OC(C)(C)C)C(=O)N[C@H](C(=O)N[C@@H](CCNC(=O)OC(C)(C)C)C(=O)N[C@H]2CCNC(=O)[C@H](C(C)O)NC(=O)[C@H](CCNC(=O)OC(C)(C)C)NC(=O)[C@H](CCNC(=O)OC(C)(C)C)NC(=O)[C@H](CC(C)C)NC(=O)[C@@H](Cc3ccccc3)NC(=O)[C@H](CCNC(=O)OC(C)(C)C)NC2)C(C)O)cc1. The van der Waals surface area contributed by atoms with Crippen LogP contribution >= 0.6 is 0 Å². The van der Waals surface area contributed by atoms with E-state index in [1.807, 2.05) is 6.92 Å². The number of ether oxygens (including phenoxy) is 6. The molecule has 15 amide bonds. The summed E-state index contributed by atoms with van der Waals surface area (Å²) in [6, 6.07) is -2.59. The molecule has 0 bridgehead atoms. The Hall–Kier alpha value is -11.2. The maximum absolute atomic E-state index is 15.4. The number of hydrazine groups is 1. The molecule has 2 aromatic carbocycles. The molecule has 3 rings (SSSR count). The zero-order valence-electron chi connectivity index (χ0n) is 76.7. The lowest BCUT2D eigenvalue weighted by Gasteiger charge is -2.29. The van der Waals surface area contributed by atoms with Crippen molar-refractivity contribution in [2.75, 3.05) is 45.8 Å². The molecular weight excluding hydrogens is 1640 g/mol. The molecule has 0 radical (unpaired) electrons. The summed E-state index contributed by atoms with van der Waals surface area (Å²) in [4.78, 5) is 227. The molecule has 13 atom stereocenters. The number of esters is 1. The summed E-state index contributed by atoms with van der Waals surface area (Å²) < 4.78 is 32.5. The number of rotatable bonds is 34. The number of benzene rings is 2. The molecule has 1 heterocycles. The summed E-state index contributed by atoms with van der Waals surface area (Å²) in [6.45, 7) is 31.0. The molecule has 0 saturated carbocycles. The molecule has 41 nitrogen and oxygen atoms in total. The van der Waals surface area contributed by atoms with E-state index in [1.54, 1.807) is 155 Å². The second-order valence-electron chi connectivity index (χ2n) is 36.1. The average Bonchev–Trinajstić information content (AvgIpc) is 0.961. The van der Waals surface area contributed by atoms with Crippen LogP contribution in [0.4, 0.5) is 24.0 Å². The second-order valence-corrected chi connectivity index (χ2v) is 36.1. The Morgan fingerprint density at radius 2 is 0.889 bits per heavy atom. The van der Waals surface area contributed by atoms with Crippen LogP contribution in [0.1, 0.15) is 229 Å². The number of carbonyl (C=O) groups excluding carboxylic acids is 16. The predicted molar refractivity (Wildman–Crippen MR) is 463 cm³/mol. The van der Waals surface area contributed by atoms with E-state index in [0.29, 0.717) is 12.0 Å². The summed E-state index contributed by atoms with van der Waals surface area (Å²) in [5.41, 5.74) is 0.663. The Morgan fingerprint density at radius 1 is 0.460 bits per heavy atom. The maximum Gasteiger partial charge on any atom is 0.422 e. The Kier molecular flexibility index (Phi) is 45.0. The van der Waals surface area contributed by atoms with Gasteiger partial charge in [-0.3, -0.25) is 53.4 Å². The molecule has 0 aromatic heterocycles. The summed E-state index contributed by atoms with van der Waals surface area (Å²) in [5.74, 6) is -11.2. The predicted octanol–water partition coefficient (Wildman–Crippen LogP) is 2.62. The minimum Gasteiger partial charge on any atom is -0.459 e. The molecule has 1 aliphatic rings. The van der Waals surface area contributed by atoms with Crippen LogP contribution in [0.25, 0.3) is 0 Å². The van der Waals surface area contributed by atoms with E-state index in [0.717, 1.165) is 20.3 Å². The van der Waals surface area contributed by atoms with E-state index in [-0.39, 0.29) is 81.7 Å². The second kappa shape index (κ2) is 52.0. The van der Waals surface area contributed by atoms with Gasteiger partial charge in [0.05, 0.1) is 29.9 Å². The van der Waals surface area contributed by atoms with Crippen molar-refractivity contribution in [1.29, 1.82) is 0 Å². The van der Waals surface area contributed by atoms with E-state index < -0.39 is 235 Å². The van der Waals surface area contributed by atoms with Crippen LogP contribution in [0.2, 0.25) is 0 Å². The van der Waals surface area contributed by atoms with Gasteiger partial charge in [-0.25, -0.2) is 34.2 Å². The van der Waals surface area contributed by atoms with Gasteiger partial charge in [-0.2, -0.15) is 0 Å². The van der Waals surface area contributed by atoms with Gasteiger partial charge in [0.15, 0.2) is 0 Å². The Labute approximate surface area is 737 Å². The first kappa shape index (κ1) is 109. The maximum atomic E-state index is 15.4. The third-order valence-corrected chi connectivity index (χ3v) is 17.9. The third kappa shape index (κ3) is 45.1. The molecule has 41 heteroatoms. The fourth-order valence-electron chi connectivity index (χ4n) is 12.0. The van der Waals surface area contributed by atoms with Gasteiger partial charge in [0.25, 0.3) is 5.91 Å². The largest absolute Gasteiger partial charge is 0.459 e. The molecule has 19 N–H and O–H groups in total. The van der Waals surface area contributed by atoms with Gasteiger partial charge in [-0.05, 0) is 212 Å². The summed E-state index contributed by atoms with van der Waals surface area (Å²) in [5, 5.41) is 62.3. The summed E-state index contributed by atoms with van der Waals surface area (Å²) >= 11 is 0. The molecule has 2 aromatic rings. The number of alkyl carbamates (subject to hydrolysis) is 4. The van der Waals surface area contributed by atoms with Gasteiger partial charge in [0.2, 0.25) is 53.2 Å². The molecule has 0 spiro atoms. The lowest BCUT2D eigenvalue weighted by atomic mass is 10.00. The van der Waals surface area contributed by atoms with Gasteiger partial charge in [0, 0.05) is 63.8 Å². The first-order chi connectivity index (χ1) is 58.5. The van der Waals surface area contributed by atoms with E-state index >= 15 is 14.4 Å². The van der Waals surface area contributed by atoms with Gasteiger partial charge in [-0.15, -0.1) is 0 Å². The number of nitrogens with one attached hydrogen (secondary N) is 17. The lowest BCUT2D eigenvalue weighted by molar-refractivity contribution is -0.136. The minimum absolute atomic E-state index is 0.0339. The van der Waals surface area contributed by atoms with Crippen LogP contribution in [0.3, 0.4) is 0 Å². The van der Waals surface area contributed by atoms with E-state index in [4.69, 9.17) is 28.4 Å². The van der Waals surface area contributed by atoms with Gasteiger partial charge in [-0.1, -0.05) is 57.5 Å². The van der Waals surface area contributed by atoms with E-state index in [9.17, 15) is 72.5 Å². The zero-order chi connectivity index (χ0) is 95.2. The normalized spacial score (nSPS) is 19.5. The highest BCUT2D eigenvalue weighted by atomic mass is 16.6. The van der Waals surface area contributed by atoms with E-state index in [1.165, 1.54) is 24.3 Å². The Bertz CT molecular complexity index is 3930. The van der Waals surface area contributed by atoms with Crippen molar-refractivity contribution < 1.29 is 115 Å². The number of carbonyl (C=O) groups is 16. The molecular formula is C85H139N17O24. The van der Waals surface area contributed by atoms with Gasteiger partial charge < -0.3 is 118 Å². The van der Waals surface area contributed by atoms with Crippen molar-refractivity contribution in [2.45, 2.75) is 316 Å². The molecule has 3 unspecified atom stereocenters. The molecule has 1 fully saturated rings. The number of aliphatic hydroxyl groups excluding tert-OH is 2. The highest BCUT2D eigenvalue weighted by Crippen LogP contribution is 2.17. The molecule has 1 saturated heterocycles. The van der Waals surface area contributed by atoms with Crippen LogP contribution in [0.5, 0.6) is 0 Å². The topological polar surface area (TPSA) is 573 Å². The van der Waals surface area contributed by atoms with Crippen molar-refractivity contribution in [2.24, 2.45) is 5.92 Å². The minimum atomic E-state index is -1.96. The molecule has 1 aliphatic heterocycles. The quantitative estimate of drug-likeness (QED) is 0.0207. The van der Waals surface area contributed by atoms with Crippen molar-refractivity contribution in [3.8, 4) is 0 Å². The van der Waals surface area contributed by atoms with Crippen molar-refractivity contribution >= 4 is 95.5 Å². The number of amides is 15. The van der Waals surface area contributed by atoms with Crippen molar-refractivity contribution in [1.82, 2.24) is 90.6 Å². The number of hydrogen-bond donors (Lipinski definition) is 19. The van der Waals surface area contributed by atoms with Crippen LogP contribution in [0, 0.1) is 5.92 Å². The highest BCUT2D eigenvalue weighted by molar-refractivity contribution is 6.01. The van der Waals surface area contributed by atoms with Crippen LogP contribution in [0.15, 0.2) is 54.6 Å². The summed E-state index contributed by atoms with van der Waals surface area (Å²) in [6.07, 6.45) is -9.69.